The molecule has 180 valence electrons. The molecule has 1 aliphatic carbocycles. The van der Waals surface area contributed by atoms with E-state index in [0.29, 0.717) is 49.7 Å². The fourth-order valence-electron chi connectivity index (χ4n) is 5.20. The molecule has 3 unspecified atom stereocenters. The molecule has 2 aliphatic heterocycles. The molecule has 0 bridgehead atoms. The van der Waals surface area contributed by atoms with E-state index in [9.17, 15) is 18.6 Å². The predicted octanol–water partition coefficient (Wildman–Crippen LogP) is 1.55. The summed E-state index contributed by atoms with van der Waals surface area (Å²) in [7, 11) is -2.07. The first-order valence-electron chi connectivity index (χ1n) is 11.3. The van der Waals surface area contributed by atoms with Gasteiger partial charge in [-0.2, -0.15) is 0 Å². The molecule has 4 N–H and O–H groups in total. The summed E-state index contributed by atoms with van der Waals surface area (Å²) in [5.74, 6) is 1.08. The first-order chi connectivity index (χ1) is 15.2. The molecular weight excluding hydrogens is 436 g/mol. The lowest BCUT2D eigenvalue weighted by Crippen LogP contribution is -2.59. The first kappa shape index (κ1) is 23.6. The van der Waals surface area contributed by atoms with Crippen molar-refractivity contribution in [1.82, 2.24) is 5.32 Å². The van der Waals surface area contributed by atoms with Crippen LogP contribution in [-0.2, 0) is 14.8 Å². The maximum atomic E-state index is 11.8. The SMILES string of the molecule is COc1cc2c(cc1NS(C)(=O)=O)OC1(CCOCC1)C(O)C2NCC(O)C1CCCC1. The molecule has 1 aromatic carbocycles. The summed E-state index contributed by atoms with van der Waals surface area (Å²) < 4.78 is 43.4. The molecule has 32 heavy (non-hydrogen) atoms. The van der Waals surface area contributed by atoms with Crippen LogP contribution in [0.25, 0.3) is 0 Å². The van der Waals surface area contributed by atoms with E-state index >= 15 is 0 Å². The Hall–Kier alpha value is -1.59. The van der Waals surface area contributed by atoms with E-state index < -0.39 is 33.9 Å². The quantitative estimate of drug-likeness (QED) is 0.473. The van der Waals surface area contributed by atoms with Gasteiger partial charge in [0.15, 0.2) is 0 Å². The van der Waals surface area contributed by atoms with E-state index in [4.69, 9.17) is 14.2 Å². The Labute approximate surface area is 189 Å². The molecule has 0 amide bonds. The number of benzene rings is 1. The molecule has 1 aromatic rings. The van der Waals surface area contributed by atoms with Crippen LogP contribution in [0, 0.1) is 5.92 Å². The van der Waals surface area contributed by atoms with Gasteiger partial charge in [-0.15, -0.1) is 0 Å². The van der Waals surface area contributed by atoms with E-state index in [-0.39, 0.29) is 11.6 Å². The molecule has 4 rings (SSSR count). The van der Waals surface area contributed by atoms with Crippen molar-refractivity contribution in [3.05, 3.63) is 17.7 Å². The zero-order valence-electron chi connectivity index (χ0n) is 18.7. The third-order valence-electron chi connectivity index (χ3n) is 6.96. The molecule has 0 aromatic heterocycles. The number of hydrogen-bond acceptors (Lipinski definition) is 8. The Kier molecular flexibility index (Phi) is 6.88. The van der Waals surface area contributed by atoms with Crippen LogP contribution in [0.15, 0.2) is 12.1 Å². The number of hydrogen-bond donors (Lipinski definition) is 4. The first-order valence-corrected chi connectivity index (χ1v) is 13.2. The highest BCUT2D eigenvalue weighted by Gasteiger charge is 2.50. The van der Waals surface area contributed by atoms with Crippen LogP contribution < -0.4 is 19.5 Å². The second-order valence-corrected chi connectivity index (χ2v) is 10.9. The molecule has 0 radical (unpaired) electrons. The van der Waals surface area contributed by atoms with Gasteiger partial charge in [-0.3, -0.25) is 4.72 Å². The summed E-state index contributed by atoms with van der Waals surface area (Å²) in [5.41, 5.74) is 0.0966. The fraction of sp³-hybridized carbons (Fsp3) is 0.727. The van der Waals surface area contributed by atoms with Crippen molar-refractivity contribution in [2.45, 2.75) is 62.4 Å². The molecule has 3 aliphatic rings. The largest absolute Gasteiger partial charge is 0.495 e. The number of anilines is 1. The van der Waals surface area contributed by atoms with Crippen LogP contribution in [0.1, 0.15) is 50.1 Å². The van der Waals surface area contributed by atoms with E-state index in [2.05, 4.69) is 10.0 Å². The number of ether oxygens (including phenoxy) is 3. The maximum Gasteiger partial charge on any atom is 0.229 e. The van der Waals surface area contributed by atoms with Crippen molar-refractivity contribution in [3.8, 4) is 11.5 Å². The highest BCUT2D eigenvalue weighted by atomic mass is 32.2. The van der Waals surface area contributed by atoms with Crippen LogP contribution in [0.5, 0.6) is 11.5 Å². The Balaban J connectivity index is 1.67. The minimum atomic E-state index is -3.53. The van der Waals surface area contributed by atoms with Crippen molar-refractivity contribution in [2.24, 2.45) is 5.92 Å². The van der Waals surface area contributed by atoms with Gasteiger partial charge in [0.1, 0.15) is 23.2 Å². The zero-order chi connectivity index (χ0) is 22.9. The third kappa shape index (κ3) is 4.84. The summed E-state index contributed by atoms with van der Waals surface area (Å²) in [6, 6.07) is 2.80. The van der Waals surface area contributed by atoms with Crippen molar-refractivity contribution >= 4 is 15.7 Å². The van der Waals surface area contributed by atoms with E-state index in [1.165, 1.54) is 7.11 Å². The molecule has 2 heterocycles. The average Bonchev–Trinajstić information content (AvgIpc) is 3.28. The minimum Gasteiger partial charge on any atom is -0.495 e. The lowest BCUT2D eigenvalue weighted by molar-refractivity contribution is -0.138. The lowest BCUT2D eigenvalue weighted by atomic mass is 9.79. The average molecular weight is 471 g/mol. The Morgan fingerprint density at radius 2 is 1.94 bits per heavy atom. The predicted molar refractivity (Wildman–Crippen MR) is 120 cm³/mol. The number of aliphatic hydroxyl groups is 2. The number of methoxy groups -OCH3 is 1. The molecule has 10 heteroatoms. The number of sulfonamides is 1. The van der Waals surface area contributed by atoms with Crippen molar-refractivity contribution in [3.63, 3.8) is 0 Å². The van der Waals surface area contributed by atoms with Crippen molar-refractivity contribution < 1.29 is 32.8 Å². The Morgan fingerprint density at radius 1 is 1.25 bits per heavy atom. The number of nitrogens with one attached hydrogen (secondary N) is 2. The maximum absolute atomic E-state index is 11.8. The van der Waals surface area contributed by atoms with Gasteiger partial charge < -0.3 is 29.7 Å². The molecule has 1 spiro atoms. The Bertz CT molecular complexity index is 911. The standard InChI is InChI=1S/C22H34N2O7S/c1-29-19-11-15-18(12-16(19)24-32(2,27)28)31-22(7-9-30-10-8-22)21(26)20(15)23-13-17(25)14-5-3-4-6-14/h11-12,14,17,20-21,23-26H,3-10,13H2,1-2H3. The van der Waals surface area contributed by atoms with Crippen molar-refractivity contribution in [2.75, 3.05) is 37.8 Å². The molecular formula is C22H34N2O7S. The van der Waals surface area contributed by atoms with Crippen molar-refractivity contribution in [1.29, 1.82) is 0 Å². The zero-order valence-corrected chi connectivity index (χ0v) is 19.5. The Morgan fingerprint density at radius 3 is 2.56 bits per heavy atom. The van der Waals surface area contributed by atoms with E-state index in [1.807, 2.05) is 0 Å². The van der Waals surface area contributed by atoms with Gasteiger partial charge in [-0.25, -0.2) is 8.42 Å². The van der Waals surface area contributed by atoms with Gasteiger partial charge in [0.2, 0.25) is 10.0 Å². The smallest absolute Gasteiger partial charge is 0.229 e. The topological polar surface area (TPSA) is 126 Å². The highest BCUT2D eigenvalue weighted by molar-refractivity contribution is 7.92. The summed E-state index contributed by atoms with van der Waals surface area (Å²) in [6.45, 7) is 1.28. The van der Waals surface area contributed by atoms with Crippen LogP contribution in [0.4, 0.5) is 5.69 Å². The van der Waals surface area contributed by atoms with Gasteiger partial charge in [0, 0.05) is 31.0 Å². The third-order valence-corrected chi connectivity index (χ3v) is 7.55. The molecule has 3 atom stereocenters. The van der Waals surface area contributed by atoms with Gasteiger partial charge >= 0.3 is 0 Å². The summed E-state index contributed by atoms with van der Waals surface area (Å²) in [4.78, 5) is 0. The molecule has 1 saturated carbocycles. The van der Waals surface area contributed by atoms with Crippen LogP contribution in [0.2, 0.25) is 0 Å². The number of aliphatic hydroxyl groups excluding tert-OH is 2. The fourth-order valence-corrected chi connectivity index (χ4v) is 5.76. The molecule has 2 fully saturated rings. The van der Waals surface area contributed by atoms with Gasteiger partial charge in [0.25, 0.3) is 0 Å². The summed E-state index contributed by atoms with van der Waals surface area (Å²) in [6.07, 6.45) is 5.06. The van der Waals surface area contributed by atoms with E-state index in [1.54, 1.807) is 12.1 Å². The highest BCUT2D eigenvalue weighted by Crippen LogP contribution is 2.47. The number of fused-ring (bicyclic) bond motifs is 1. The van der Waals surface area contributed by atoms with E-state index in [0.717, 1.165) is 31.9 Å². The second-order valence-electron chi connectivity index (χ2n) is 9.19. The monoisotopic (exact) mass is 470 g/mol. The summed E-state index contributed by atoms with van der Waals surface area (Å²) >= 11 is 0. The molecule has 1 saturated heterocycles. The van der Waals surface area contributed by atoms with Gasteiger partial charge in [0.05, 0.1) is 44.4 Å². The van der Waals surface area contributed by atoms with Gasteiger partial charge in [-0.05, 0) is 24.8 Å². The second kappa shape index (κ2) is 9.34. The van der Waals surface area contributed by atoms with Gasteiger partial charge in [-0.1, -0.05) is 12.8 Å². The minimum absolute atomic E-state index is 0.270. The van der Waals surface area contributed by atoms with Crippen LogP contribution in [-0.4, -0.2) is 69.6 Å². The summed E-state index contributed by atoms with van der Waals surface area (Å²) in [5, 5.41) is 25.5. The molecule has 9 nitrogen and oxygen atoms in total. The number of rotatable bonds is 7. The lowest BCUT2D eigenvalue weighted by Gasteiger charge is -2.48. The van der Waals surface area contributed by atoms with Crippen LogP contribution >= 0.6 is 0 Å². The normalized spacial score (nSPS) is 26.4. The van der Waals surface area contributed by atoms with Crippen LogP contribution in [0.3, 0.4) is 0 Å².